The predicted molar refractivity (Wildman–Crippen MR) is 137 cm³/mol. The van der Waals surface area contributed by atoms with Crippen molar-refractivity contribution in [2.75, 3.05) is 14.2 Å². The van der Waals surface area contributed by atoms with Gasteiger partial charge in [0.05, 0.1) is 42.4 Å². The summed E-state index contributed by atoms with van der Waals surface area (Å²) in [6.45, 7) is 4.32. The number of methoxy groups -OCH3 is 2. The van der Waals surface area contributed by atoms with Gasteiger partial charge in [0.1, 0.15) is 10.6 Å². The molecule has 1 N–H and O–H groups in total. The molecule has 0 bridgehead atoms. The van der Waals surface area contributed by atoms with Crippen LogP contribution in [0.2, 0.25) is 0 Å². The molecule has 2 aromatic carbocycles. The fraction of sp³-hybridized carbons (Fsp3) is 0.269. The third-order valence-corrected chi connectivity index (χ3v) is 6.20. The number of aromatic amines is 1. The van der Waals surface area contributed by atoms with E-state index >= 15 is 0 Å². The molecule has 0 unspecified atom stereocenters. The van der Waals surface area contributed by atoms with E-state index in [0.717, 1.165) is 11.1 Å². The van der Waals surface area contributed by atoms with E-state index in [1.807, 2.05) is 42.7 Å². The van der Waals surface area contributed by atoms with Gasteiger partial charge in [0.25, 0.3) is 5.56 Å². The molecule has 0 saturated heterocycles. The van der Waals surface area contributed by atoms with Gasteiger partial charge >= 0.3 is 5.88 Å². The number of nitrogens with zero attached hydrogens (tertiary/aromatic N) is 4. The van der Waals surface area contributed by atoms with Crippen LogP contribution in [0.3, 0.4) is 0 Å². The molecule has 0 atom stereocenters. The maximum absolute atomic E-state index is 12.5. The maximum Gasteiger partial charge on any atom is 0.433 e. The van der Waals surface area contributed by atoms with Crippen molar-refractivity contribution < 1.29 is 18.8 Å². The smallest absolute Gasteiger partial charge is 0.433 e. The molecule has 37 heavy (non-hydrogen) atoms. The van der Waals surface area contributed by atoms with Crippen molar-refractivity contribution in [2.45, 2.75) is 32.7 Å². The van der Waals surface area contributed by atoms with E-state index < -0.39 is 4.92 Å². The van der Waals surface area contributed by atoms with Crippen LogP contribution in [0.1, 0.15) is 31.0 Å². The Morgan fingerprint density at radius 2 is 1.84 bits per heavy atom. The van der Waals surface area contributed by atoms with Crippen molar-refractivity contribution in [2.24, 2.45) is 0 Å². The number of ether oxygens (including phenoxy) is 2. The number of imidazole rings is 1. The molecule has 190 valence electrons. The second-order valence-corrected chi connectivity index (χ2v) is 8.89. The monoisotopic (exact) mass is 503 g/mol. The van der Waals surface area contributed by atoms with E-state index in [1.54, 1.807) is 20.3 Å². The molecule has 0 aliphatic carbocycles. The fourth-order valence-electron chi connectivity index (χ4n) is 4.35. The molecule has 0 aliphatic rings. The fourth-order valence-corrected chi connectivity index (χ4v) is 4.35. The second-order valence-electron chi connectivity index (χ2n) is 8.89. The standard InChI is InChI=1S/C26H25N5O6/c1-14(2)24-26(32)29-16-12-18-19(13-17(16)27-24)30(25(28-18)21-7-8-23(37-21)31(33)34)10-9-15-5-6-20(35-3)22(11-15)36-4/h5-8,11-14H,9-10H2,1-4H3,(H,29,32). The van der Waals surface area contributed by atoms with Crippen molar-refractivity contribution in [3.63, 3.8) is 0 Å². The van der Waals surface area contributed by atoms with Gasteiger partial charge in [-0.15, -0.1) is 0 Å². The van der Waals surface area contributed by atoms with Crippen molar-refractivity contribution in [3.05, 3.63) is 74.2 Å². The SMILES string of the molecule is COc1ccc(CCn2c(-c3ccc([N+](=O)[O-])o3)nc3cc4[nH]c(=O)c(C(C)C)nc4cc32)cc1OC. The minimum Gasteiger partial charge on any atom is -0.493 e. The van der Waals surface area contributed by atoms with Gasteiger partial charge in [-0.1, -0.05) is 19.9 Å². The summed E-state index contributed by atoms with van der Waals surface area (Å²) in [5.41, 5.74) is 3.76. The highest BCUT2D eigenvalue weighted by Crippen LogP contribution is 2.32. The Labute approximate surface area is 210 Å². The zero-order valence-corrected chi connectivity index (χ0v) is 20.8. The average Bonchev–Trinajstić information content (AvgIpc) is 3.50. The van der Waals surface area contributed by atoms with Crippen LogP contribution >= 0.6 is 0 Å². The molecule has 3 heterocycles. The first kappa shape index (κ1) is 24.0. The lowest BCUT2D eigenvalue weighted by Gasteiger charge is -2.12. The summed E-state index contributed by atoms with van der Waals surface area (Å²) in [6.07, 6.45) is 0.607. The minimum absolute atomic E-state index is 0.0435. The summed E-state index contributed by atoms with van der Waals surface area (Å²) in [5, 5.41) is 11.2. The van der Waals surface area contributed by atoms with E-state index in [2.05, 4.69) is 9.97 Å². The predicted octanol–water partition coefficient (Wildman–Crippen LogP) is 4.82. The van der Waals surface area contributed by atoms with Crippen LogP contribution in [0.25, 0.3) is 33.7 Å². The van der Waals surface area contributed by atoms with Gasteiger partial charge in [0.15, 0.2) is 23.1 Å². The van der Waals surface area contributed by atoms with Crippen molar-refractivity contribution in [3.8, 4) is 23.1 Å². The molecule has 5 rings (SSSR count). The summed E-state index contributed by atoms with van der Waals surface area (Å²) < 4.78 is 18.2. The summed E-state index contributed by atoms with van der Waals surface area (Å²) in [7, 11) is 3.17. The molecule has 0 aliphatic heterocycles. The molecule has 5 aromatic rings. The number of nitro groups is 1. The number of rotatable bonds is 8. The Bertz CT molecular complexity index is 1700. The Morgan fingerprint density at radius 3 is 2.51 bits per heavy atom. The molecule has 0 amide bonds. The summed E-state index contributed by atoms with van der Waals surface area (Å²) in [4.78, 5) is 35.3. The Morgan fingerprint density at radius 1 is 1.05 bits per heavy atom. The zero-order valence-electron chi connectivity index (χ0n) is 20.8. The molecule has 0 spiro atoms. The molecule has 11 nitrogen and oxygen atoms in total. The van der Waals surface area contributed by atoms with Crippen LogP contribution in [-0.2, 0) is 13.0 Å². The first-order valence-electron chi connectivity index (χ1n) is 11.7. The Kier molecular flexibility index (Phi) is 6.12. The van der Waals surface area contributed by atoms with Crippen molar-refractivity contribution >= 4 is 28.0 Å². The normalized spacial score (nSPS) is 11.5. The lowest BCUT2D eigenvalue weighted by molar-refractivity contribution is -0.401. The summed E-state index contributed by atoms with van der Waals surface area (Å²) in [6, 6.07) is 12.2. The van der Waals surface area contributed by atoms with Crippen LogP contribution in [0.4, 0.5) is 5.88 Å². The van der Waals surface area contributed by atoms with E-state index in [1.165, 1.54) is 12.1 Å². The van der Waals surface area contributed by atoms with Crippen LogP contribution in [0, 0.1) is 10.1 Å². The van der Waals surface area contributed by atoms with Crippen LogP contribution in [0.5, 0.6) is 11.5 Å². The third kappa shape index (κ3) is 4.39. The third-order valence-electron chi connectivity index (χ3n) is 6.20. The number of fused-ring (bicyclic) bond motifs is 2. The molecular formula is C26H25N5O6. The van der Waals surface area contributed by atoms with Gasteiger partial charge in [-0.2, -0.15) is 0 Å². The first-order chi connectivity index (χ1) is 17.8. The van der Waals surface area contributed by atoms with Gasteiger partial charge in [0.2, 0.25) is 0 Å². The molecule has 0 radical (unpaired) electrons. The maximum atomic E-state index is 12.5. The number of hydrogen-bond donors (Lipinski definition) is 1. The first-order valence-corrected chi connectivity index (χ1v) is 11.7. The van der Waals surface area contributed by atoms with E-state index in [4.69, 9.17) is 18.9 Å². The topological polar surface area (TPSA) is 138 Å². The van der Waals surface area contributed by atoms with Gasteiger partial charge < -0.3 is 23.4 Å². The van der Waals surface area contributed by atoms with E-state index in [0.29, 0.717) is 52.5 Å². The van der Waals surface area contributed by atoms with Crippen LogP contribution < -0.4 is 15.0 Å². The van der Waals surface area contributed by atoms with Gasteiger partial charge in [-0.25, -0.2) is 9.97 Å². The molecule has 0 saturated carbocycles. The van der Waals surface area contributed by atoms with Gasteiger partial charge in [0, 0.05) is 12.5 Å². The van der Waals surface area contributed by atoms with Gasteiger partial charge in [-0.3, -0.25) is 14.9 Å². The minimum atomic E-state index is -0.587. The van der Waals surface area contributed by atoms with Gasteiger partial charge in [-0.05, 0) is 42.3 Å². The zero-order chi connectivity index (χ0) is 26.3. The number of H-pyrrole nitrogens is 1. The van der Waals surface area contributed by atoms with Crippen LogP contribution in [0.15, 0.2) is 51.7 Å². The molecule has 0 fully saturated rings. The highest BCUT2D eigenvalue weighted by molar-refractivity contribution is 5.92. The second kappa shape index (κ2) is 9.41. The highest BCUT2D eigenvalue weighted by Gasteiger charge is 2.21. The molecular weight excluding hydrogens is 478 g/mol. The summed E-state index contributed by atoms with van der Waals surface area (Å²) >= 11 is 0. The van der Waals surface area contributed by atoms with Crippen molar-refractivity contribution in [1.29, 1.82) is 0 Å². The van der Waals surface area contributed by atoms with Crippen LogP contribution in [-0.4, -0.2) is 38.7 Å². The van der Waals surface area contributed by atoms with E-state index in [-0.39, 0.29) is 23.1 Å². The highest BCUT2D eigenvalue weighted by atomic mass is 16.6. The molecule has 3 aromatic heterocycles. The largest absolute Gasteiger partial charge is 0.493 e. The number of furan rings is 1. The molecule has 11 heteroatoms. The number of nitrogens with one attached hydrogen (secondary N) is 1. The van der Waals surface area contributed by atoms with E-state index in [9.17, 15) is 14.9 Å². The average molecular weight is 504 g/mol. The number of benzene rings is 2. The lowest BCUT2D eigenvalue weighted by Crippen LogP contribution is -2.16. The number of hydrogen-bond acceptors (Lipinski definition) is 8. The summed E-state index contributed by atoms with van der Waals surface area (Å²) in [5.74, 6) is 1.55. The quantitative estimate of drug-likeness (QED) is 0.235. The Balaban J connectivity index is 1.65. The Hall–Kier alpha value is -4.67. The number of aryl methyl sites for hydroxylation is 2. The lowest BCUT2D eigenvalue weighted by atomic mass is 10.1. The van der Waals surface area contributed by atoms with Crippen molar-refractivity contribution in [1.82, 2.24) is 19.5 Å². The number of aromatic nitrogens is 4.